The second kappa shape index (κ2) is 8.14. The van der Waals surface area contributed by atoms with E-state index >= 15 is 0 Å². The van der Waals surface area contributed by atoms with Crippen LogP contribution >= 0.6 is 0 Å². The van der Waals surface area contributed by atoms with Gasteiger partial charge in [-0.2, -0.15) is 0 Å². The molecule has 6 heteroatoms. The van der Waals surface area contributed by atoms with Crippen LogP contribution < -0.4 is 4.74 Å². The molecule has 0 radical (unpaired) electrons. The van der Waals surface area contributed by atoms with E-state index in [1.807, 2.05) is 44.2 Å². The van der Waals surface area contributed by atoms with E-state index in [4.69, 9.17) is 9.15 Å². The van der Waals surface area contributed by atoms with Crippen LogP contribution in [0.5, 0.6) is 5.75 Å². The highest BCUT2D eigenvalue weighted by atomic mass is 16.5. The van der Waals surface area contributed by atoms with E-state index in [2.05, 4.69) is 0 Å². The molecule has 1 saturated heterocycles. The molecule has 1 aromatic heterocycles. The lowest BCUT2D eigenvalue weighted by Gasteiger charge is -2.26. The molecular weight excluding hydrogens is 394 g/mol. The highest BCUT2D eigenvalue weighted by Gasteiger charge is 2.47. The number of Topliss-reactive ketones (excluding diaryl/α,β-unsaturated/α-hetero) is 1. The summed E-state index contributed by atoms with van der Waals surface area (Å²) >= 11 is 0. The molecule has 0 bridgehead atoms. The maximum atomic E-state index is 13.2. The summed E-state index contributed by atoms with van der Waals surface area (Å²) in [5.41, 5.74) is 2.97. The number of hydrogen-bond donors (Lipinski definition) is 1. The molecule has 1 N–H and O–H groups in total. The van der Waals surface area contributed by atoms with Gasteiger partial charge < -0.3 is 19.2 Å². The van der Waals surface area contributed by atoms with Crippen LogP contribution in [0.25, 0.3) is 5.76 Å². The third kappa shape index (κ3) is 3.61. The average Bonchev–Trinajstić information content (AvgIpc) is 3.36. The molecule has 158 valence electrons. The van der Waals surface area contributed by atoms with Crippen molar-refractivity contribution < 1.29 is 23.8 Å². The van der Waals surface area contributed by atoms with Crippen molar-refractivity contribution in [2.75, 3.05) is 7.11 Å². The van der Waals surface area contributed by atoms with Crippen molar-refractivity contribution in [2.45, 2.75) is 26.4 Å². The number of ketones is 1. The summed E-state index contributed by atoms with van der Waals surface area (Å²) in [6, 6.07) is 15.6. The number of rotatable bonds is 5. The summed E-state index contributed by atoms with van der Waals surface area (Å²) in [5.74, 6) is -0.703. The van der Waals surface area contributed by atoms with Gasteiger partial charge in [-0.1, -0.05) is 35.9 Å². The van der Waals surface area contributed by atoms with Gasteiger partial charge in [0.2, 0.25) is 0 Å². The highest BCUT2D eigenvalue weighted by Crippen LogP contribution is 2.42. The summed E-state index contributed by atoms with van der Waals surface area (Å²) < 4.78 is 10.8. The van der Waals surface area contributed by atoms with E-state index in [1.54, 1.807) is 24.3 Å². The Labute approximate surface area is 180 Å². The fourth-order valence-corrected chi connectivity index (χ4v) is 3.98. The zero-order chi connectivity index (χ0) is 22.1. The van der Waals surface area contributed by atoms with Crippen LogP contribution in [0.3, 0.4) is 0 Å². The Morgan fingerprint density at radius 3 is 2.55 bits per heavy atom. The average molecular weight is 417 g/mol. The SMILES string of the molecule is COc1ccc(C)cc1/C(O)=C1\C(=O)C(=O)N(Cc2ccco2)C1c1ccccc1C. The molecule has 2 aromatic carbocycles. The summed E-state index contributed by atoms with van der Waals surface area (Å²) in [7, 11) is 1.50. The number of methoxy groups -OCH3 is 1. The molecule has 4 rings (SSSR count). The maximum absolute atomic E-state index is 13.2. The molecule has 1 aliphatic heterocycles. The quantitative estimate of drug-likeness (QED) is 0.375. The van der Waals surface area contributed by atoms with Crippen LogP contribution in [0.2, 0.25) is 0 Å². The molecule has 3 aromatic rings. The lowest BCUT2D eigenvalue weighted by Crippen LogP contribution is -2.29. The first-order valence-electron chi connectivity index (χ1n) is 9.93. The number of hydrogen-bond acceptors (Lipinski definition) is 5. The maximum Gasteiger partial charge on any atom is 0.296 e. The number of aliphatic hydroxyl groups is 1. The van der Waals surface area contributed by atoms with Gasteiger partial charge in [-0.15, -0.1) is 0 Å². The Balaban J connectivity index is 1.94. The van der Waals surface area contributed by atoms with Gasteiger partial charge in [0, 0.05) is 0 Å². The molecule has 31 heavy (non-hydrogen) atoms. The normalized spacial score (nSPS) is 17.9. The van der Waals surface area contributed by atoms with Crippen LogP contribution in [0, 0.1) is 13.8 Å². The molecule has 0 saturated carbocycles. The van der Waals surface area contributed by atoms with Gasteiger partial charge in [0.15, 0.2) is 0 Å². The van der Waals surface area contributed by atoms with Crippen LogP contribution in [-0.2, 0) is 16.1 Å². The van der Waals surface area contributed by atoms with Crippen molar-refractivity contribution in [1.29, 1.82) is 0 Å². The summed E-state index contributed by atoms with van der Waals surface area (Å²) in [6.07, 6.45) is 1.52. The molecule has 2 heterocycles. The Morgan fingerprint density at radius 1 is 1.10 bits per heavy atom. The van der Waals surface area contributed by atoms with Gasteiger partial charge >= 0.3 is 0 Å². The third-order valence-electron chi connectivity index (χ3n) is 5.54. The largest absolute Gasteiger partial charge is 0.507 e. The predicted octanol–water partition coefficient (Wildman–Crippen LogP) is 4.53. The number of carbonyl (C=O) groups excluding carboxylic acids is 2. The fourth-order valence-electron chi connectivity index (χ4n) is 3.98. The van der Waals surface area contributed by atoms with Crippen molar-refractivity contribution in [3.8, 4) is 5.75 Å². The number of likely N-dealkylation sites (tertiary alicyclic amines) is 1. The van der Waals surface area contributed by atoms with Gasteiger partial charge in [-0.05, 0) is 49.2 Å². The molecule has 1 unspecified atom stereocenters. The Morgan fingerprint density at radius 2 is 1.87 bits per heavy atom. The van der Waals surface area contributed by atoms with Crippen molar-refractivity contribution in [2.24, 2.45) is 0 Å². The second-order valence-electron chi connectivity index (χ2n) is 7.57. The number of carbonyl (C=O) groups is 2. The van der Waals surface area contributed by atoms with Crippen LogP contribution in [-0.4, -0.2) is 28.8 Å². The Hall–Kier alpha value is -3.80. The zero-order valence-electron chi connectivity index (χ0n) is 17.6. The molecule has 1 aliphatic rings. The standard InChI is InChI=1S/C25H23NO5/c1-15-10-11-20(30-3)19(13-15)23(27)21-22(18-9-5-4-7-16(18)2)26(25(29)24(21)28)14-17-8-6-12-31-17/h4-13,22,27H,14H2,1-3H3/b23-21+. The molecular formula is C25H23NO5. The minimum absolute atomic E-state index is 0.0368. The molecule has 6 nitrogen and oxygen atoms in total. The van der Waals surface area contributed by atoms with E-state index in [-0.39, 0.29) is 17.9 Å². The number of amides is 1. The molecule has 1 fully saturated rings. The minimum atomic E-state index is -0.753. The van der Waals surface area contributed by atoms with Crippen LogP contribution in [0.4, 0.5) is 0 Å². The van der Waals surface area contributed by atoms with Crippen LogP contribution in [0.1, 0.15) is 34.1 Å². The van der Waals surface area contributed by atoms with E-state index in [9.17, 15) is 14.7 Å². The first kappa shape index (κ1) is 20.5. The minimum Gasteiger partial charge on any atom is -0.507 e. The van der Waals surface area contributed by atoms with Gasteiger partial charge in [-0.25, -0.2) is 0 Å². The zero-order valence-corrected chi connectivity index (χ0v) is 17.6. The monoisotopic (exact) mass is 417 g/mol. The number of nitrogens with zero attached hydrogens (tertiary/aromatic N) is 1. The highest BCUT2D eigenvalue weighted by molar-refractivity contribution is 6.46. The number of ether oxygens (including phenoxy) is 1. The van der Waals surface area contributed by atoms with Gasteiger partial charge in [0.1, 0.15) is 17.3 Å². The number of furan rings is 1. The number of benzene rings is 2. The fraction of sp³-hybridized carbons (Fsp3) is 0.200. The van der Waals surface area contributed by atoms with E-state index in [0.717, 1.165) is 16.7 Å². The predicted molar refractivity (Wildman–Crippen MR) is 115 cm³/mol. The van der Waals surface area contributed by atoms with Gasteiger partial charge in [-0.3, -0.25) is 9.59 Å². The van der Waals surface area contributed by atoms with Gasteiger partial charge in [0.25, 0.3) is 11.7 Å². The van der Waals surface area contributed by atoms with Crippen LogP contribution in [0.15, 0.2) is 70.9 Å². The van der Waals surface area contributed by atoms with E-state index < -0.39 is 17.7 Å². The Bertz CT molecular complexity index is 1180. The van der Waals surface area contributed by atoms with E-state index in [0.29, 0.717) is 17.1 Å². The van der Waals surface area contributed by atoms with Crippen molar-refractivity contribution in [3.05, 3.63) is 94.4 Å². The topological polar surface area (TPSA) is 80.0 Å². The first-order valence-corrected chi connectivity index (χ1v) is 9.93. The summed E-state index contributed by atoms with van der Waals surface area (Å²) in [4.78, 5) is 27.7. The summed E-state index contributed by atoms with van der Waals surface area (Å²) in [6.45, 7) is 3.90. The van der Waals surface area contributed by atoms with Crippen molar-refractivity contribution in [3.63, 3.8) is 0 Å². The number of aliphatic hydroxyl groups excluding tert-OH is 1. The first-order chi connectivity index (χ1) is 14.9. The van der Waals surface area contributed by atoms with Gasteiger partial charge in [0.05, 0.1) is 37.1 Å². The molecule has 0 spiro atoms. The number of aryl methyl sites for hydroxylation is 2. The molecule has 1 amide bonds. The van der Waals surface area contributed by atoms with Crippen molar-refractivity contribution in [1.82, 2.24) is 4.90 Å². The lowest BCUT2D eigenvalue weighted by molar-refractivity contribution is -0.140. The molecule has 0 aliphatic carbocycles. The smallest absolute Gasteiger partial charge is 0.296 e. The summed E-state index contributed by atoms with van der Waals surface area (Å²) in [5, 5.41) is 11.3. The van der Waals surface area contributed by atoms with E-state index in [1.165, 1.54) is 18.3 Å². The second-order valence-corrected chi connectivity index (χ2v) is 7.57. The Kier molecular flexibility index (Phi) is 5.38. The molecule has 1 atom stereocenters. The van der Waals surface area contributed by atoms with Crippen molar-refractivity contribution >= 4 is 17.4 Å². The lowest BCUT2D eigenvalue weighted by atomic mass is 9.92. The third-order valence-corrected chi connectivity index (χ3v) is 5.54.